The van der Waals surface area contributed by atoms with E-state index in [1.165, 1.54) is 0 Å². The molecule has 0 rings (SSSR count). The number of hydrogen-bond donors (Lipinski definition) is 0. The van der Waals surface area contributed by atoms with E-state index in [-0.39, 0.29) is 0 Å². The van der Waals surface area contributed by atoms with Crippen molar-refractivity contribution in [1.29, 1.82) is 0 Å². The van der Waals surface area contributed by atoms with E-state index >= 15 is 0 Å². The molecule has 0 spiro atoms. The minimum Gasteiger partial charge on any atom is -0.272 e. The van der Waals surface area contributed by atoms with Gasteiger partial charge in [-0.1, -0.05) is 0 Å². The summed E-state index contributed by atoms with van der Waals surface area (Å²) in [5.41, 5.74) is 0. The van der Waals surface area contributed by atoms with Crippen LogP contribution in [0.2, 0.25) is 0 Å². The molecule has 0 aromatic carbocycles. The molecule has 0 aliphatic heterocycles. The fourth-order valence-corrected chi connectivity index (χ4v) is 1.46. The first-order valence-electron chi connectivity index (χ1n) is 2.39. The van der Waals surface area contributed by atoms with Gasteiger partial charge >= 0.3 is 0 Å². The molecule has 6 nitrogen and oxygen atoms in total. The second kappa shape index (κ2) is 3.48. The predicted octanol–water partition coefficient (Wildman–Crippen LogP) is -1.10. The quantitative estimate of drug-likeness (QED) is 0.540. The Hall–Kier alpha value is -0.180. The molecule has 8 heteroatoms. The highest BCUT2D eigenvalue weighted by Crippen LogP contribution is 1.94. The van der Waals surface area contributed by atoms with Crippen LogP contribution in [0.4, 0.5) is 0 Å². The van der Waals surface area contributed by atoms with Gasteiger partial charge in [0.05, 0.1) is 13.4 Å². The second-order valence-electron chi connectivity index (χ2n) is 1.66. The fraction of sp³-hybridized carbons (Fsp3) is 1.00. The van der Waals surface area contributed by atoms with Gasteiger partial charge in [-0.25, -0.2) is 0 Å². The molecule has 0 atom stereocenters. The minimum absolute atomic E-state index is 0.748. The van der Waals surface area contributed by atoms with E-state index in [4.69, 9.17) is 0 Å². The van der Waals surface area contributed by atoms with Crippen molar-refractivity contribution in [3.63, 3.8) is 0 Å². The Balaban J connectivity index is 4.13. The zero-order chi connectivity index (χ0) is 9.12. The lowest BCUT2D eigenvalue weighted by Crippen LogP contribution is -2.14. The molecule has 0 fully saturated rings. The zero-order valence-electron chi connectivity index (χ0n) is 5.97. The van der Waals surface area contributed by atoms with Crippen molar-refractivity contribution in [3.05, 3.63) is 0 Å². The third-order valence-corrected chi connectivity index (χ3v) is 2.27. The van der Waals surface area contributed by atoms with Crippen LogP contribution in [-0.4, -0.2) is 36.1 Å². The summed E-state index contributed by atoms with van der Waals surface area (Å²) in [6.07, 6.45) is 0.748. The molecule has 0 saturated heterocycles. The Morgan fingerprint density at radius 1 is 1.18 bits per heavy atom. The third kappa shape index (κ3) is 6.23. The van der Waals surface area contributed by atoms with E-state index in [1.54, 1.807) is 0 Å². The SMILES string of the molecule is COS(=O)(=O)COS(C)(=O)=O. The van der Waals surface area contributed by atoms with E-state index in [2.05, 4.69) is 8.37 Å². The molecule has 68 valence electrons. The molecule has 0 bridgehead atoms. The standard InChI is InChI=1S/C3H8O6S2/c1-8-11(6,7)3-9-10(2,4)5/h3H2,1-2H3. The lowest BCUT2D eigenvalue weighted by atomic mass is 11.7. The summed E-state index contributed by atoms with van der Waals surface area (Å²) in [7, 11) is -6.66. The topological polar surface area (TPSA) is 86.7 Å². The van der Waals surface area contributed by atoms with Gasteiger partial charge in [0, 0.05) is 0 Å². The Labute approximate surface area is 65.4 Å². The molecular formula is C3H8O6S2. The summed E-state index contributed by atoms with van der Waals surface area (Å²) >= 11 is 0. The van der Waals surface area contributed by atoms with Crippen LogP contribution in [0.5, 0.6) is 0 Å². The summed E-state index contributed by atoms with van der Waals surface area (Å²) in [6, 6.07) is 0. The summed E-state index contributed by atoms with van der Waals surface area (Å²) in [6.45, 7) is 0. The Kier molecular flexibility index (Phi) is 3.42. The molecule has 0 aromatic rings. The maximum absolute atomic E-state index is 10.4. The van der Waals surface area contributed by atoms with Crippen molar-refractivity contribution < 1.29 is 25.2 Å². The summed E-state index contributed by atoms with van der Waals surface area (Å²) < 4.78 is 49.2. The lowest BCUT2D eigenvalue weighted by molar-refractivity contribution is 0.330. The van der Waals surface area contributed by atoms with Crippen molar-refractivity contribution in [2.75, 3.05) is 19.3 Å². The molecule has 0 aliphatic carbocycles. The van der Waals surface area contributed by atoms with E-state index in [1.807, 2.05) is 0 Å². The van der Waals surface area contributed by atoms with Crippen molar-refractivity contribution in [2.24, 2.45) is 0 Å². The maximum Gasteiger partial charge on any atom is 0.293 e. The molecule has 0 radical (unpaired) electrons. The highest BCUT2D eigenvalue weighted by molar-refractivity contribution is 7.89. The first kappa shape index (κ1) is 10.8. The molecule has 0 amide bonds. The van der Waals surface area contributed by atoms with Crippen LogP contribution in [0.1, 0.15) is 0 Å². The molecule has 0 saturated carbocycles. The van der Waals surface area contributed by atoms with Gasteiger partial charge in [-0.2, -0.15) is 16.8 Å². The van der Waals surface area contributed by atoms with Crippen LogP contribution in [0.15, 0.2) is 0 Å². The van der Waals surface area contributed by atoms with Crippen molar-refractivity contribution >= 4 is 20.2 Å². The van der Waals surface area contributed by atoms with Crippen LogP contribution in [0.3, 0.4) is 0 Å². The highest BCUT2D eigenvalue weighted by Gasteiger charge is 2.12. The van der Waals surface area contributed by atoms with Crippen molar-refractivity contribution in [3.8, 4) is 0 Å². The van der Waals surface area contributed by atoms with Crippen LogP contribution >= 0.6 is 0 Å². The van der Waals surface area contributed by atoms with Gasteiger partial charge in [-0.05, 0) is 0 Å². The first-order chi connectivity index (χ1) is 4.77. The average molecular weight is 204 g/mol. The Morgan fingerprint density at radius 2 is 1.64 bits per heavy atom. The van der Waals surface area contributed by atoms with Gasteiger partial charge in [0.25, 0.3) is 20.2 Å². The van der Waals surface area contributed by atoms with E-state index in [0.29, 0.717) is 0 Å². The summed E-state index contributed by atoms with van der Waals surface area (Å²) in [4.78, 5) is 0. The van der Waals surface area contributed by atoms with E-state index in [9.17, 15) is 16.8 Å². The second-order valence-corrected chi connectivity index (χ2v) is 4.99. The van der Waals surface area contributed by atoms with E-state index in [0.717, 1.165) is 13.4 Å². The first-order valence-corrected chi connectivity index (χ1v) is 5.79. The Bertz CT molecular complexity index is 297. The fourth-order valence-electron chi connectivity index (χ4n) is 0.194. The average Bonchev–Trinajstić information content (AvgIpc) is 1.83. The van der Waals surface area contributed by atoms with Crippen molar-refractivity contribution in [1.82, 2.24) is 0 Å². The van der Waals surface area contributed by atoms with E-state index < -0.39 is 26.2 Å². The van der Waals surface area contributed by atoms with Crippen LogP contribution < -0.4 is 0 Å². The van der Waals surface area contributed by atoms with Gasteiger partial charge < -0.3 is 0 Å². The summed E-state index contributed by atoms with van der Waals surface area (Å²) in [5.74, 6) is -0.984. The zero-order valence-corrected chi connectivity index (χ0v) is 7.61. The van der Waals surface area contributed by atoms with Gasteiger partial charge in [0.1, 0.15) is 0 Å². The minimum atomic E-state index is -3.85. The molecule has 0 heterocycles. The van der Waals surface area contributed by atoms with Crippen LogP contribution in [-0.2, 0) is 28.6 Å². The maximum atomic E-state index is 10.4. The highest BCUT2D eigenvalue weighted by atomic mass is 32.2. The monoisotopic (exact) mass is 204 g/mol. The van der Waals surface area contributed by atoms with Gasteiger partial charge in [0.2, 0.25) is 0 Å². The van der Waals surface area contributed by atoms with Crippen molar-refractivity contribution in [2.45, 2.75) is 0 Å². The smallest absolute Gasteiger partial charge is 0.272 e. The summed E-state index contributed by atoms with van der Waals surface area (Å²) in [5, 5.41) is 0. The molecule has 0 unspecified atom stereocenters. The molecular weight excluding hydrogens is 196 g/mol. The largest absolute Gasteiger partial charge is 0.293 e. The van der Waals surface area contributed by atoms with Gasteiger partial charge in [-0.3, -0.25) is 8.37 Å². The third-order valence-electron chi connectivity index (χ3n) is 0.660. The Morgan fingerprint density at radius 3 is 1.91 bits per heavy atom. The van der Waals surface area contributed by atoms with Gasteiger partial charge in [0.15, 0.2) is 5.94 Å². The molecule has 0 aromatic heterocycles. The number of rotatable bonds is 4. The van der Waals surface area contributed by atoms with Gasteiger partial charge in [-0.15, -0.1) is 0 Å². The number of hydrogen-bond acceptors (Lipinski definition) is 6. The predicted molar refractivity (Wildman–Crippen MR) is 36.7 cm³/mol. The molecule has 0 aliphatic rings. The lowest BCUT2D eigenvalue weighted by Gasteiger charge is -1.99. The molecule has 0 N–H and O–H groups in total. The van der Waals surface area contributed by atoms with Crippen LogP contribution in [0, 0.1) is 0 Å². The van der Waals surface area contributed by atoms with Crippen LogP contribution in [0.25, 0.3) is 0 Å². The molecule has 11 heavy (non-hydrogen) atoms. The normalized spacial score (nSPS) is 13.3.